The average molecular weight is 373 g/mol. The van der Waals surface area contributed by atoms with E-state index >= 15 is 0 Å². The molecule has 2 aromatic carbocycles. The van der Waals surface area contributed by atoms with Crippen LogP contribution in [-0.2, 0) is 9.53 Å². The number of hydrogen-bond acceptors (Lipinski definition) is 3. The molecule has 1 amide bonds. The predicted octanol–water partition coefficient (Wildman–Crippen LogP) is 3.73. The molecule has 0 unspecified atom stereocenters. The van der Waals surface area contributed by atoms with Crippen LogP contribution in [0.5, 0.6) is 0 Å². The molecule has 0 aliphatic heterocycles. The molecule has 0 saturated carbocycles. The Morgan fingerprint density at radius 3 is 2.57 bits per heavy atom. The van der Waals surface area contributed by atoms with Crippen molar-refractivity contribution in [1.82, 2.24) is 4.98 Å². The molecular formula is C17H13BrN2O3. The largest absolute Gasteiger partial charge is 0.451 e. The molecule has 116 valence electrons. The molecule has 0 fully saturated rings. The monoisotopic (exact) mass is 372 g/mol. The highest BCUT2D eigenvalue weighted by molar-refractivity contribution is 9.10. The zero-order valence-corrected chi connectivity index (χ0v) is 13.6. The highest BCUT2D eigenvalue weighted by atomic mass is 79.9. The molecule has 0 bridgehead atoms. The summed E-state index contributed by atoms with van der Waals surface area (Å²) in [5.41, 5.74) is 1.81. The Balaban J connectivity index is 1.57. The maximum atomic E-state index is 12.0. The van der Waals surface area contributed by atoms with E-state index < -0.39 is 11.9 Å². The number of H-pyrrole nitrogens is 1. The topological polar surface area (TPSA) is 71.2 Å². The van der Waals surface area contributed by atoms with Gasteiger partial charge in [0.2, 0.25) is 0 Å². The molecule has 0 aliphatic rings. The summed E-state index contributed by atoms with van der Waals surface area (Å²) in [6.07, 6.45) is 0. The molecule has 5 nitrogen and oxygen atoms in total. The standard InChI is InChI=1S/C17H13BrN2O3/c18-12-5-7-13(8-6-12)19-16(21)10-23-17(22)15-9-11-3-1-2-4-14(11)20-15/h1-9,20H,10H2,(H,19,21). The van der Waals surface area contributed by atoms with Gasteiger partial charge in [-0.3, -0.25) is 4.79 Å². The lowest BCUT2D eigenvalue weighted by Gasteiger charge is -2.06. The number of nitrogens with one attached hydrogen (secondary N) is 2. The molecule has 6 heteroatoms. The minimum atomic E-state index is -0.563. The third kappa shape index (κ3) is 3.78. The molecule has 1 aromatic heterocycles. The van der Waals surface area contributed by atoms with Gasteiger partial charge in [0.25, 0.3) is 5.91 Å². The van der Waals surface area contributed by atoms with Crippen LogP contribution in [0.15, 0.2) is 59.1 Å². The summed E-state index contributed by atoms with van der Waals surface area (Å²) in [6, 6.07) is 16.3. The Morgan fingerprint density at radius 1 is 1.09 bits per heavy atom. The number of anilines is 1. The number of aromatic amines is 1. The number of rotatable bonds is 4. The number of amides is 1. The van der Waals surface area contributed by atoms with E-state index in [0.717, 1.165) is 15.4 Å². The Hall–Kier alpha value is -2.60. The fraction of sp³-hybridized carbons (Fsp3) is 0.0588. The van der Waals surface area contributed by atoms with Crippen LogP contribution in [0.1, 0.15) is 10.5 Å². The van der Waals surface area contributed by atoms with Crippen LogP contribution >= 0.6 is 15.9 Å². The number of carbonyl (C=O) groups excluding carboxylic acids is 2. The van der Waals surface area contributed by atoms with Crippen molar-refractivity contribution in [2.24, 2.45) is 0 Å². The van der Waals surface area contributed by atoms with E-state index in [1.807, 2.05) is 36.4 Å². The summed E-state index contributed by atoms with van der Waals surface area (Å²) >= 11 is 3.32. The van der Waals surface area contributed by atoms with Crippen LogP contribution in [0.2, 0.25) is 0 Å². The number of fused-ring (bicyclic) bond motifs is 1. The smallest absolute Gasteiger partial charge is 0.355 e. The Labute approximate surface area is 140 Å². The quantitative estimate of drug-likeness (QED) is 0.685. The van der Waals surface area contributed by atoms with Gasteiger partial charge in [0.15, 0.2) is 6.61 Å². The lowest BCUT2D eigenvalue weighted by molar-refractivity contribution is -0.119. The van der Waals surface area contributed by atoms with Gasteiger partial charge in [-0.1, -0.05) is 34.1 Å². The summed E-state index contributed by atoms with van der Waals surface area (Å²) in [6.45, 7) is -0.343. The van der Waals surface area contributed by atoms with Crippen molar-refractivity contribution >= 4 is 44.4 Å². The second-order valence-corrected chi connectivity index (χ2v) is 5.82. The fourth-order valence-electron chi connectivity index (χ4n) is 2.12. The van der Waals surface area contributed by atoms with E-state index in [-0.39, 0.29) is 6.61 Å². The van der Waals surface area contributed by atoms with Crippen molar-refractivity contribution in [1.29, 1.82) is 0 Å². The van der Waals surface area contributed by atoms with E-state index in [0.29, 0.717) is 11.4 Å². The second kappa shape index (κ2) is 6.66. The lowest BCUT2D eigenvalue weighted by Crippen LogP contribution is -2.21. The van der Waals surface area contributed by atoms with Gasteiger partial charge in [0, 0.05) is 21.1 Å². The Kier molecular flexibility index (Phi) is 4.43. The molecule has 2 N–H and O–H groups in total. The molecule has 0 aliphatic carbocycles. The molecule has 3 aromatic rings. The highest BCUT2D eigenvalue weighted by Crippen LogP contribution is 2.16. The van der Waals surface area contributed by atoms with Gasteiger partial charge < -0.3 is 15.0 Å². The van der Waals surface area contributed by atoms with Crippen LogP contribution in [0, 0.1) is 0 Å². The normalized spacial score (nSPS) is 10.5. The lowest BCUT2D eigenvalue weighted by atomic mass is 10.2. The Morgan fingerprint density at radius 2 is 1.83 bits per heavy atom. The van der Waals surface area contributed by atoms with Gasteiger partial charge >= 0.3 is 5.97 Å². The van der Waals surface area contributed by atoms with E-state index in [1.54, 1.807) is 18.2 Å². The van der Waals surface area contributed by atoms with E-state index in [1.165, 1.54) is 0 Å². The van der Waals surface area contributed by atoms with Crippen molar-refractivity contribution in [3.8, 4) is 0 Å². The maximum absolute atomic E-state index is 12.0. The number of benzene rings is 2. The van der Waals surface area contributed by atoms with E-state index in [2.05, 4.69) is 26.2 Å². The van der Waals surface area contributed by atoms with Crippen molar-refractivity contribution in [3.05, 3.63) is 64.8 Å². The minimum Gasteiger partial charge on any atom is -0.451 e. The zero-order valence-electron chi connectivity index (χ0n) is 12.0. The second-order valence-electron chi connectivity index (χ2n) is 4.90. The summed E-state index contributed by atoms with van der Waals surface area (Å²) in [5, 5.41) is 3.57. The number of halogens is 1. The Bertz CT molecular complexity index is 823. The molecule has 0 saturated heterocycles. The van der Waals surface area contributed by atoms with Gasteiger partial charge in [-0.2, -0.15) is 0 Å². The molecule has 0 atom stereocenters. The first-order valence-electron chi connectivity index (χ1n) is 6.92. The van der Waals surface area contributed by atoms with Crippen LogP contribution < -0.4 is 5.32 Å². The van der Waals surface area contributed by atoms with Crippen LogP contribution in [0.4, 0.5) is 5.69 Å². The summed E-state index contributed by atoms with van der Waals surface area (Å²) < 4.78 is 5.94. The fourth-order valence-corrected chi connectivity index (χ4v) is 2.39. The average Bonchev–Trinajstić information content (AvgIpc) is 2.99. The van der Waals surface area contributed by atoms with Crippen LogP contribution in [0.3, 0.4) is 0 Å². The van der Waals surface area contributed by atoms with E-state index in [9.17, 15) is 9.59 Å². The minimum absolute atomic E-state index is 0.322. The number of carbonyl (C=O) groups is 2. The number of esters is 1. The van der Waals surface area contributed by atoms with Crippen molar-refractivity contribution in [3.63, 3.8) is 0 Å². The maximum Gasteiger partial charge on any atom is 0.355 e. The molecule has 0 spiro atoms. The zero-order chi connectivity index (χ0) is 16.2. The van der Waals surface area contributed by atoms with Gasteiger partial charge in [0.05, 0.1) is 0 Å². The van der Waals surface area contributed by atoms with Crippen LogP contribution in [0.25, 0.3) is 10.9 Å². The molecule has 23 heavy (non-hydrogen) atoms. The summed E-state index contributed by atoms with van der Waals surface area (Å²) in [5.74, 6) is -0.955. The SMILES string of the molecule is O=C(COC(=O)c1cc2ccccc2[nH]1)Nc1ccc(Br)cc1. The third-order valence-electron chi connectivity index (χ3n) is 3.21. The van der Waals surface area contributed by atoms with Crippen LogP contribution in [-0.4, -0.2) is 23.5 Å². The molecule has 0 radical (unpaired) electrons. The van der Waals surface area contributed by atoms with Crippen molar-refractivity contribution in [2.75, 3.05) is 11.9 Å². The number of ether oxygens (including phenoxy) is 1. The van der Waals surface area contributed by atoms with Crippen molar-refractivity contribution in [2.45, 2.75) is 0 Å². The summed E-state index contributed by atoms with van der Waals surface area (Å²) in [4.78, 5) is 26.7. The van der Waals surface area contributed by atoms with Crippen molar-refractivity contribution < 1.29 is 14.3 Å². The van der Waals surface area contributed by atoms with Gasteiger partial charge in [-0.15, -0.1) is 0 Å². The summed E-state index contributed by atoms with van der Waals surface area (Å²) in [7, 11) is 0. The number of para-hydroxylation sites is 1. The predicted molar refractivity (Wildman–Crippen MR) is 91.4 cm³/mol. The number of aromatic nitrogens is 1. The number of hydrogen-bond donors (Lipinski definition) is 2. The van der Waals surface area contributed by atoms with Gasteiger partial charge in [-0.25, -0.2) is 4.79 Å². The first kappa shape index (κ1) is 15.3. The van der Waals surface area contributed by atoms with Gasteiger partial charge in [-0.05, 0) is 36.4 Å². The molecular weight excluding hydrogens is 360 g/mol. The van der Waals surface area contributed by atoms with E-state index in [4.69, 9.17) is 4.74 Å². The molecule has 3 rings (SSSR count). The highest BCUT2D eigenvalue weighted by Gasteiger charge is 2.13. The first-order chi connectivity index (χ1) is 11.1. The first-order valence-corrected chi connectivity index (χ1v) is 7.71. The third-order valence-corrected chi connectivity index (χ3v) is 3.74. The molecule has 1 heterocycles. The van der Waals surface area contributed by atoms with Gasteiger partial charge in [0.1, 0.15) is 5.69 Å².